The van der Waals surface area contributed by atoms with Gasteiger partial charge in [0.15, 0.2) is 17.5 Å². The fraction of sp³-hybridized carbons (Fsp3) is 0.211. The van der Waals surface area contributed by atoms with E-state index < -0.39 is 40.2 Å². The second-order valence-corrected chi connectivity index (χ2v) is 7.29. The molecular weight excluding hydrogens is 456 g/mol. The van der Waals surface area contributed by atoms with Crippen molar-refractivity contribution in [3.8, 4) is 6.07 Å². The normalized spacial score (nSPS) is 14.0. The molecular formula is C19H10ClF6NO2S. The molecule has 30 heavy (non-hydrogen) atoms. The first-order chi connectivity index (χ1) is 13.8. The third-order valence-corrected chi connectivity index (χ3v) is 5.18. The number of nitriles is 1. The van der Waals surface area contributed by atoms with Gasteiger partial charge in [0.05, 0.1) is 17.2 Å². The monoisotopic (exact) mass is 465 g/mol. The fourth-order valence-corrected chi connectivity index (χ4v) is 3.50. The van der Waals surface area contributed by atoms with Crippen molar-refractivity contribution in [1.29, 1.82) is 5.26 Å². The Labute approximate surface area is 175 Å². The van der Waals surface area contributed by atoms with Crippen LogP contribution in [0.15, 0.2) is 41.3 Å². The summed E-state index contributed by atoms with van der Waals surface area (Å²) in [4.78, 5) is 25.1. The summed E-state index contributed by atoms with van der Waals surface area (Å²) in [5.74, 6) is -1.27. The molecule has 1 atom stereocenters. The van der Waals surface area contributed by atoms with Gasteiger partial charge < -0.3 is 4.79 Å². The zero-order chi connectivity index (χ0) is 22.9. The largest absolute Gasteiger partial charge is 0.416 e. The van der Waals surface area contributed by atoms with Crippen molar-refractivity contribution in [2.45, 2.75) is 22.7 Å². The molecule has 0 saturated heterocycles. The molecule has 3 nitrogen and oxygen atoms in total. The molecule has 0 aromatic heterocycles. The maximum absolute atomic E-state index is 13.2. The zero-order valence-corrected chi connectivity index (χ0v) is 16.4. The average Bonchev–Trinajstić information content (AvgIpc) is 2.67. The van der Waals surface area contributed by atoms with Gasteiger partial charge in [0.1, 0.15) is 0 Å². The standard InChI is InChI=1S/C19H10ClF6NO2S/c1-30-15-7-13(20)2-3-14(15)16(29)17(8-27,9-28)10-4-11(18(21,22)23)6-12(5-10)19(24,25)26/h2-7,9H,1H3. The number of hydrogen-bond donors (Lipinski definition) is 0. The summed E-state index contributed by atoms with van der Waals surface area (Å²) in [6, 6.07) is 5.25. The third kappa shape index (κ3) is 4.47. The molecule has 0 saturated carbocycles. The number of Topliss-reactive ketones (excluding diaryl/α,β-unsaturated/α-hetero) is 1. The zero-order valence-electron chi connectivity index (χ0n) is 14.9. The quantitative estimate of drug-likeness (QED) is 0.180. The van der Waals surface area contributed by atoms with E-state index in [1.807, 2.05) is 0 Å². The highest BCUT2D eigenvalue weighted by molar-refractivity contribution is 7.98. The Morgan fingerprint density at radius 2 is 1.50 bits per heavy atom. The first-order valence-electron chi connectivity index (χ1n) is 7.86. The minimum absolute atomic E-state index is 0.156. The molecule has 1 unspecified atom stereocenters. The minimum Gasteiger partial charge on any atom is -0.301 e. The van der Waals surface area contributed by atoms with Crippen molar-refractivity contribution in [2.75, 3.05) is 6.26 Å². The molecule has 0 N–H and O–H groups in total. The Bertz CT molecular complexity index is 1010. The van der Waals surface area contributed by atoms with Gasteiger partial charge in [0.2, 0.25) is 0 Å². The molecule has 2 rings (SSSR count). The van der Waals surface area contributed by atoms with E-state index in [-0.39, 0.29) is 40.0 Å². The molecule has 0 radical (unpaired) electrons. The molecule has 0 aliphatic carbocycles. The summed E-state index contributed by atoms with van der Waals surface area (Å²) in [6.07, 6.45) is -9.16. The molecule has 2 aromatic carbocycles. The van der Waals surface area contributed by atoms with Crippen LogP contribution in [0.3, 0.4) is 0 Å². The van der Waals surface area contributed by atoms with Crippen LogP contribution in [-0.2, 0) is 22.6 Å². The van der Waals surface area contributed by atoms with E-state index in [1.165, 1.54) is 24.5 Å². The first-order valence-corrected chi connectivity index (χ1v) is 9.46. The number of ketones is 1. The summed E-state index contributed by atoms with van der Waals surface area (Å²) in [5, 5.41) is 9.77. The van der Waals surface area contributed by atoms with Gasteiger partial charge in [0, 0.05) is 15.5 Å². The summed E-state index contributed by atoms with van der Waals surface area (Å²) in [6.45, 7) is 0. The molecule has 158 valence electrons. The average molecular weight is 466 g/mol. The number of halogens is 7. The summed E-state index contributed by atoms with van der Waals surface area (Å²) >= 11 is 6.83. The maximum atomic E-state index is 13.2. The van der Waals surface area contributed by atoms with Crippen LogP contribution < -0.4 is 0 Å². The SMILES string of the molecule is CSc1cc(Cl)ccc1C(=O)C(C#N)(C=O)c1cc(C(F)(F)F)cc(C(F)(F)F)c1. The van der Waals surface area contributed by atoms with Crippen LogP contribution in [-0.4, -0.2) is 18.3 Å². The van der Waals surface area contributed by atoms with Gasteiger partial charge >= 0.3 is 12.4 Å². The second-order valence-electron chi connectivity index (χ2n) is 6.01. The van der Waals surface area contributed by atoms with Crippen LogP contribution in [0.4, 0.5) is 26.3 Å². The van der Waals surface area contributed by atoms with E-state index in [9.17, 15) is 41.2 Å². The van der Waals surface area contributed by atoms with Crippen molar-refractivity contribution in [2.24, 2.45) is 0 Å². The smallest absolute Gasteiger partial charge is 0.301 e. The van der Waals surface area contributed by atoms with Gasteiger partial charge in [-0.15, -0.1) is 11.8 Å². The number of rotatable bonds is 5. The molecule has 0 fully saturated rings. The molecule has 0 amide bonds. The van der Waals surface area contributed by atoms with Crippen LogP contribution in [0.2, 0.25) is 5.02 Å². The van der Waals surface area contributed by atoms with E-state index in [1.54, 1.807) is 0 Å². The van der Waals surface area contributed by atoms with E-state index in [0.717, 1.165) is 17.8 Å². The minimum atomic E-state index is -5.21. The highest BCUT2D eigenvalue weighted by atomic mass is 35.5. The Hall–Kier alpha value is -2.51. The van der Waals surface area contributed by atoms with Crippen LogP contribution in [0.25, 0.3) is 0 Å². The van der Waals surface area contributed by atoms with Crippen molar-refractivity contribution < 1.29 is 35.9 Å². The van der Waals surface area contributed by atoms with Gasteiger partial charge in [-0.05, 0) is 48.2 Å². The number of carbonyl (C=O) groups excluding carboxylic acids is 2. The van der Waals surface area contributed by atoms with Crippen molar-refractivity contribution in [3.05, 3.63) is 63.7 Å². The molecule has 0 aliphatic rings. The lowest BCUT2D eigenvalue weighted by Crippen LogP contribution is -2.37. The van der Waals surface area contributed by atoms with E-state index >= 15 is 0 Å². The molecule has 0 heterocycles. The van der Waals surface area contributed by atoms with E-state index in [4.69, 9.17) is 11.6 Å². The first kappa shape index (κ1) is 23.8. The molecule has 0 aliphatic heterocycles. The Kier molecular flexibility index (Phi) is 6.59. The van der Waals surface area contributed by atoms with Crippen LogP contribution in [0.5, 0.6) is 0 Å². The van der Waals surface area contributed by atoms with Crippen LogP contribution >= 0.6 is 23.4 Å². The number of nitrogens with zero attached hydrogens (tertiary/aromatic N) is 1. The van der Waals surface area contributed by atoms with Crippen LogP contribution in [0, 0.1) is 11.3 Å². The van der Waals surface area contributed by atoms with Crippen LogP contribution in [0.1, 0.15) is 27.0 Å². The second kappa shape index (κ2) is 8.32. The maximum Gasteiger partial charge on any atom is 0.416 e. The highest BCUT2D eigenvalue weighted by Gasteiger charge is 2.46. The number of alkyl halides is 6. The van der Waals surface area contributed by atoms with Crippen molar-refractivity contribution in [3.63, 3.8) is 0 Å². The number of thioether (sulfide) groups is 1. The van der Waals surface area contributed by atoms with Gasteiger partial charge in [-0.2, -0.15) is 31.6 Å². The Morgan fingerprint density at radius 1 is 1.00 bits per heavy atom. The predicted octanol–water partition coefficient (Wildman–Crippen LogP) is 5.94. The number of hydrogen-bond acceptors (Lipinski definition) is 4. The van der Waals surface area contributed by atoms with Crippen molar-refractivity contribution >= 4 is 35.4 Å². The molecule has 11 heteroatoms. The highest BCUT2D eigenvalue weighted by Crippen LogP contribution is 2.40. The summed E-state index contributed by atoms with van der Waals surface area (Å²) < 4.78 is 79.1. The molecule has 0 bridgehead atoms. The topological polar surface area (TPSA) is 57.9 Å². The lowest BCUT2D eigenvalue weighted by molar-refractivity contribution is -0.143. The number of benzene rings is 2. The number of carbonyl (C=O) groups is 2. The van der Waals surface area contributed by atoms with E-state index in [2.05, 4.69) is 0 Å². The molecule has 0 spiro atoms. The lowest BCUT2D eigenvalue weighted by atomic mass is 9.75. The van der Waals surface area contributed by atoms with Gasteiger partial charge in [-0.1, -0.05) is 11.6 Å². The molecule has 2 aromatic rings. The van der Waals surface area contributed by atoms with E-state index in [0.29, 0.717) is 0 Å². The lowest BCUT2D eigenvalue weighted by Gasteiger charge is -2.23. The van der Waals surface area contributed by atoms with Gasteiger partial charge in [-0.25, -0.2) is 0 Å². The summed E-state index contributed by atoms with van der Waals surface area (Å²) in [7, 11) is 0. The fourth-order valence-electron chi connectivity index (χ4n) is 2.64. The third-order valence-electron chi connectivity index (χ3n) is 4.16. The van der Waals surface area contributed by atoms with Gasteiger partial charge in [-0.3, -0.25) is 4.79 Å². The van der Waals surface area contributed by atoms with Crippen molar-refractivity contribution in [1.82, 2.24) is 0 Å². The number of aldehydes is 1. The predicted molar refractivity (Wildman–Crippen MR) is 97.4 cm³/mol. The summed E-state index contributed by atoms with van der Waals surface area (Å²) in [5.41, 5.74) is -7.70. The Morgan fingerprint density at radius 3 is 1.90 bits per heavy atom. The Balaban J connectivity index is 2.84. The van der Waals surface area contributed by atoms with Gasteiger partial charge in [0.25, 0.3) is 0 Å².